The number of esters is 2. The van der Waals surface area contributed by atoms with Crippen molar-refractivity contribution in [2.75, 3.05) is 41.0 Å². The first-order chi connectivity index (χ1) is 26.6. The molecule has 8 heteroatoms. The second-order valence-corrected chi connectivity index (χ2v) is 15.2. The molecule has 0 aliphatic carbocycles. The number of ether oxygens (including phenoxy) is 3. The summed E-state index contributed by atoms with van der Waals surface area (Å²) in [4.78, 5) is 36.6. The van der Waals surface area contributed by atoms with E-state index in [0.29, 0.717) is 6.42 Å². The second kappa shape index (κ2) is 37.7. The molecule has 0 aromatic carbocycles. The lowest BCUT2D eigenvalue weighted by Crippen LogP contribution is -2.55. The number of hydrogen-bond acceptors (Lipinski definition) is 7. The molecule has 0 aliphatic heterocycles. The van der Waals surface area contributed by atoms with Crippen LogP contribution in [0.1, 0.15) is 155 Å². The van der Waals surface area contributed by atoms with Crippen LogP contribution >= 0.6 is 0 Å². The summed E-state index contributed by atoms with van der Waals surface area (Å²) < 4.78 is 17.0. The number of allylic oxidation sites excluding steroid dienone is 11. The van der Waals surface area contributed by atoms with Crippen molar-refractivity contribution in [3.8, 4) is 0 Å². The predicted molar refractivity (Wildman–Crippen MR) is 226 cm³/mol. The maximum Gasteiger partial charge on any atom is 0.309 e. The second-order valence-electron chi connectivity index (χ2n) is 15.2. The smallest absolute Gasteiger partial charge is 0.309 e. The largest absolute Gasteiger partial charge is 0.544 e. The molecule has 0 amide bonds. The molecule has 2 unspecified atom stereocenters. The Bertz CT molecular complexity index is 1130. The van der Waals surface area contributed by atoms with Gasteiger partial charge in [-0.1, -0.05) is 145 Å². The highest BCUT2D eigenvalue weighted by Gasteiger charge is 2.25. The molecule has 0 radical (unpaired) electrons. The number of aliphatic carboxylic acids is 1. The minimum atomic E-state index is -1.14. The Morgan fingerprint density at radius 1 is 0.582 bits per heavy atom. The Balaban J connectivity index is 4.32. The van der Waals surface area contributed by atoms with Gasteiger partial charge in [0, 0.05) is 12.8 Å². The lowest BCUT2D eigenvalue weighted by Gasteiger charge is -2.34. The Morgan fingerprint density at radius 3 is 1.60 bits per heavy atom. The zero-order valence-corrected chi connectivity index (χ0v) is 35.6. The highest BCUT2D eigenvalue weighted by atomic mass is 16.6. The molecule has 8 nitrogen and oxygen atoms in total. The quantitative estimate of drug-likeness (QED) is 0.0268. The summed E-state index contributed by atoms with van der Waals surface area (Å²) >= 11 is 0. The summed E-state index contributed by atoms with van der Waals surface area (Å²) in [6.07, 6.45) is 46.9. The van der Waals surface area contributed by atoms with Gasteiger partial charge in [0.25, 0.3) is 0 Å². The van der Waals surface area contributed by atoms with Crippen molar-refractivity contribution in [3.63, 3.8) is 0 Å². The molecular weight excluding hydrogens is 691 g/mol. The fourth-order valence-corrected chi connectivity index (χ4v) is 5.78. The molecule has 0 N–H and O–H groups in total. The van der Waals surface area contributed by atoms with Crippen LogP contribution in [0.15, 0.2) is 72.9 Å². The maximum absolute atomic E-state index is 12.7. The topological polar surface area (TPSA) is 102 Å². The third kappa shape index (κ3) is 36.2. The molecule has 2 atom stereocenters. The zero-order valence-electron chi connectivity index (χ0n) is 35.6. The average Bonchev–Trinajstić information content (AvgIpc) is 3.14. The molecule has 0 saturated heterocycles. The number of unbranched alkanes of at least 4 members (excludes halogenated alkanes) is 12. The third-order valence-electron chi connectivity index (χ3n) is 9.11. The zero-order chi connectivity index (χ0) is 40.7. The third-order valence-corrected chi connectivity index (χ3v) is 9.11. The van der Waals surface area contributed by atoms with Crippen LogP contribution in [0.4, 0.5) is 0 Å². The van der Waals surface area contributed by atoms with Crippen LogP contribution in [0, 0.1) is 0 Å². The Labute approximate surface area is 336 Å². The Morgan fingerprint density at radius 2 is 1.07 bits per heavy atom. The van der Waals surface area contributed by atoms with Crippen LogP contribution in [-0.4, -0.2) is 75.5 Å². The normalized spacial score (nSPS) is 13.7. The first-order valence-corrected chi connectivity index (χ1v) is 21.5. The van der Waals surface area contributed by atoms with Gasteiger partial charge in [-0.15, -0.1) is 0 Å². The minimum absolute atomic E-state index is 0.00797. The SMILES string of the molecule is CC/C=C/C/C=C/C/C=C/CC(=O)OCC(COCCC(C(=O)[O-])[N+](C)(C)C)OC(=O)CCCCCCCCCCC/C=C/C/C=C/C/C=C/CCCCC. The summed E-state index contributed by atoms with van der Waals surface area (Å²) in [6.45, 7) is 4.38. The van der Waals surface area contributed by atoms with Gasteiger partial charge in [0.15, 0.2) is 6.10 Å². The van der Waals surface area contributed by atoms with E-state index in [9.17, 15) is 19.5 Å². The van der Waals surface area contributed by atoms with Crippen LogP contribution in [0.5, 0.6) is 0 Å². The van der Waals surface area contributed by atoms with Crippen molar-refractivity contribution in [1.82, 2.24) is 0 Å². The maximum atomic E-state index is 12.7. The molecule has 314 valence electrons. The number of carboxylic acids is 1. The van der Waals surface area contributed by atoms with E-state index in [2.05, 4.69) is 74.6 Å². The lowest BCUT2D eigenvalue weighted by molar-refractivity contribution is -0.889. The molecular formula is C47H79NO7. The molecule has 0 aromatic heterocycles. The summed E-state index contributed by atoms with van der Waals surface area (Å²) in [5, 5.41) is 11.6. The number of hydrogen-bond donors (Lipinski definition) is 0. The van der Waals surface area contributed by atoms with Gasteiger partial charge >= 0.3 is 11.9 Å². The fourth-order valence-electron chi connectivity index (χ4n) is 5.78. The van der Waals surface area contributed by atoms with Gasteiger partial charge < -0.3 is 28.6 Å². The van der Waals surface area contributed by atoms with Crippen LogP contribution in [-0.2, 0) is 28.6 Å². The van der Waals surface area contributed by atoms with E-state index >= 15 is 0 Å². The highest BCUT2D eigenvalue weighted by molar-refractivity contribution is 5.71. The first kappa shape index (κ1) is 51.8. The van der Waals surface area contributed by atoms with Crippen LogP contribution in [0.3, 0.4) is 0 Å². The van der Waals surface area contributed by atoms with E-state index in [1.807, 2.05) is 6.08 Å². The number of carboxylic acid groups (broad SMARTS) is 1. The first-order valence-electron chi connectivity index (χ1n) is 21.5. The molecule has 0 heterocycles. The number of carbonyl (C=O) groups excluding carboxylic acids is 3. The summed E-state index contributed by atoms with van der Waals surface area (Å²) in [6, 6.07) is -0.740. The van der Waals surface area contributed by atoms with Crippen molar-refractivity contribution in [2.24, 2.45) is 0 Å². The number of rotatable bonds is 37. The summed E-state index contributed by atoms with van der Waals surface area (Å²) in [5.41, 5.74) is 0. The molecule has 0 fully saturated rings. The van der Waals surface area contributed by atoms with Crippen molar-refractivity contribution in [2.45, 2.75) is 167 Å². The van der Waals surface area contributed by atoms with Gasteiger partial charge in [0.2, 0.25) is 0 Å². The van der Waals surface area contributed by atoms with Crippen molar-refractivity contribution >= 4 is 17.9 Å². The molecule has 0 spiro atoms. The van der Waals surface area contributed by atoms with Gasteiger partial charge in [-0.25, -0.2) is 0 Å². The van der Waals surface area contributed by atoms with Gasteiger partial charge in [-0.3, -0.25) is 9.59 Å². The number of likely N-dealkylation sites (N-methyl/N-ethyl adjacent to an activating group) is 1. The highest BCUT2D eigenvalue weighted by Crippen LogP contribution is 2.13. The average molecular weight is 770 g/mol. The monoisotopic (exact) mass is 770 g/mol. The molecule has 0 aliphatic rings. The van der Waals surface area contributed by atoms with Gasteiger partial charge in [-0.05, 0) is 64.2 Å². The lowest BCUT2D eigenvalue weighted by atomic mass is 10.1. The van der Waals surface area contributed by atoms with E-state index < -0.39 is 24.1 Å². The predicted octanol–water partition coefficient (Wildman–Crippen LogP) is 10.2. The van der Waals surface area contributed by atoms with Crippen molar-refractivity contribution < 1.29 is 38.2 Å². The van der Waals surface area contributed by atoms with Crippen LogP contribution in [0.2, 0.25) is 0 Å². The Hall–Kier alpha value is -3.23. The summed E-state index contributed by atoms with van der Waals surface area (Å²) in [5.74, 6) is -1.90. The van der Waals surface area contributed by atoms with E-state index in [-0.39, 0.29) is 43.1 Å². The standard InChI is InChI=1S/C47H79NO7/c1-6-8-10-12-14-16-17-18-19-20-21-22-23-24-25-26-27-28-30-32-34-36-38-46(50)55-43(41-53-40-39-44(47(51)52)48(3,4)5)42-54-45(49)37-35-33-31-29-15-13-11-9-7-2/h9,11,14-16,18-19,21-22,29,33,35,43-44H,6-8,10,12-13,17,20,23-28,30-32,34,36-42H2,1-5H3/b11-9+,16-14+,19-18+,22-21+,29-15+,35-33+. The van der Waals surface area contributed by atoms with Gasteiger partial charge in [-0.2, -0.15) is 0 Å². The molecule has 0 bridgehead atoms. The Kier molecular flexibility index (Phi) is 35.5. The number of quaternary nitrogens is 1. The minimum Gasteiger partial charge on any atom is -0.544 e. The number of nitrogens with zero attached hydrogens (tertiary/aromatic N) is 1. The van der Waals surface area contributed by atoms with Crippen molar-refractivity contribution in [3.05, 3.63) is 72.9 Å². The van der Waals surface area contributed by atoms with Crippen LogP contribution < -0.4 is 5.11 Å². The van der Waals surface area contributed by atoms with Gasteiger partial charge in [0.1, 0.15) is 12.6 Å². The number of carbonyl (C=O) groups is 3. The fraction of sp³-hybridized carbons (Fsp3) is 0.681. The van der Waals surface area contributed by atoms with Gasteiger partial charge in [0.05, 0.1) is 46.7 Å². The van der Waals surface area contributed by atoms with E-state index in [0.717, 1.165) is 57.8 Å². The van der Waals surface area contributed by atoms with E-state index in [1.165, 1.54) is 64.2 Å². The van der Waals surface area contributed by atoms with Crippen molar-refractivity contribution in [1.29, 1.82) is 0 Å². The molecule has 55 heavy (non-hydrogen) atoms. The molecule has 0 rings (SSSR count). The van der Waals surface area contributed by atoms with Crippen LogP contribution in [0.25, 0.3) is 0 Å². The summed E-state index contributed by atoms with van der Waals surface area (Å²) in [7, 11) is 5.37. The molecule has 0 saturated carbocycles. The molecule has 0 aromatic rings. The van der Waals surface area contributed by atoms with E-state index in [4.69, 9.17) is 14.2 Å². The van der Waals surface area contributed by atoms with E-state index in [1.54, 1.807) is 27.2 Å².